The minimum Gasteiger partial charge on any atom is -0.480 e. The highest BCUT2D eigenvalue weighted by Crippen LogP contribution is 2.09. The minimum absolute atomic E-state index is 0.126. The molecule has 150 valence electrons. The number of carboxylic acid groups (broad SMARTS) is 1. The van der Waals surface area contributed by atoms with Gasteiger partial charge in [0, 0.05) is 26.2 Å². The zero-order valence-corrected chi connectivity index (χ0v) is 16.3. The zero-order valence-electron chi connectivity index (χ0n) is 16.3. The van der Waals surface area contributed by atoms with Gasteiger partial charge in [0.15, 0.2) is 0 Å². The van der Waals surface area contributed by atoms with Crippen molar-refractivity contribution in [3.05, 3.63) is 35.4 Å². The van der Waals surface area contributed by atoms with E-state index in [1.165, 1.54) is 5.56 Å². The lowest BCUT2D eigenvalue weighted by atomic mass is 10.1. The number of ether oxygens (including phenoxy) is 1. The molecule has 0 radical (unpaired) electrons. The predicted molar refractivity (Wildman–Crippen MR) is 103 cm³/mol. The first-order chi connectivity index (χ1) is 13.0. The Morgan fingerprint density at radius 3 is 2.44 bits per heavy atom. The van der Waals surface area contributed by atoms with Crippen molar-refractivity contribution in [3.8, 4) is 0 Å². The highest BCUT2D eigenvalue weighted by atomic mass is 16.5. The molecule has 1 aromatic carbocycles. The predicted octanol–water partition coefficient (Wildman–Crippen LogP) is 1.32. The van der Waals surface area contributed by atoms with Crippen molar-refractivity contribution >= 4 is 11.9 Å². The van der Waals surface area contributed by atoms with Crippen LogP contribution in [0.15, 0.2) is 24.3 Å². The number of aliphatic carboxylic acids is 1. The Morgan fingerprint density at radius 2 is 1.85 bits per heavy atom. The SMILES string of the molecule is CCCN(CC(=O)O)C(C)C(=O)NCc1ccc(CN2CCOCC2)cc1. The van der Waals surface area contributed by atoms with Crippen LogP contribution in [-0.4, -0.2) is 72.2 Å². The van der Waals surface area contributed by atoms with E-state index in [1.807, 2.05) is 19.1 Å². The lowest BCUT2D eigenvalue weighted by molar-refractivity contribution is -0.139. The standard InChI is InChI=1S/C20H31N3O4/c1-3-8-23(15-19(24)25)16(2)20(26)21-13-17-4-6-18(7-5-17)14-22-9-11-27-12-10-22/h4-7,16H,3,8-15H2,1-2H3,(H,21,26)(H,24,25). The second kappa shape index (κ2) is 11.0. The lowest BCUT2D eigenvalue weighted by Crippen LogP contribution is -2.47. The third-order valence-corrected chi connectivity index (χ3v) is 4.78. The smallest absolute Gasteiger partial charge is 0.317 e. The zero-order chi connectivity index (χ0) is 19.6. The molecule has 27 heavy (non-hydrogen) atoms. The number of hydrogen-bond acceptors (Lipinski definition) is 5. The molecule has 0 bridgehead atoms. The van der Waals surface area contributed by atoms with Crippen molar-refractivity contribution in [3.63, 3.8) is 0 Å². The van der Waals surface area contributed by atoms with Crippen molar-refractivity contribution in [2.24, 2.45) is 0 Å². The van der Waals surface area contributed by atoms with E-state index in [0.29, 0.717) is 13.1 Å². The van der Waals surface area contributed by atoms with E-state index >= 15 is 0 Å². The van der Waals surface area contributed by atoms with Crippen LogP contribution >= 0.6 is 0 Å². The summed E-state index contributed by atoms with van der Waals surface area (Å²) in [4.78, 5) is 27.4. The second-order valence-electron chi connectivity index (χ2n) is 6.96. The van der Waals surface area contributed by atoms with Crippen molar-refractivity contribution < 1.29 is 19.4 Å². The highest BCUT2D eigenvalue weighted by Gasteiger charge is 2.22. The number of nitrogens with zero attached hydrogens (tertiary/aromatic N) is 2. The minimum atomic E-state index is -0.918. The molecular formula is C20H31N3O4. The number of morpholine rings is 1. The van der Waals surface area contributed by atoms with E-state index in [1.54, 1.807) is 11.8 Å². The van der Waals surface area contributed by atoms with E-state index < -0.39 is 12.0 Å². The van der Waals surface area contributed by atoms with E-state index in [2.05, 4.69) is 22.3 Å². The number of amides is 1. The van der Waals surface area contributed by atoms with Crippen LogP contribution in [0.3, 0.4) is 0 Å². The van der Waals surface area contributed by atoms with Gasteiger partial charge in [-0.15, -0.1) is 0 Å². The molecule has 0 aromatic heterocycles. The average Bonchev–Trinajstić information content (AvgIpc) is 2.67. The molecule has 0 saturated carbocycles. The van der Waals surface area contributed by atoms with Crippen LogP contribution in [0.25, 0.3) is 0 Å². The fourth-order valence-corrected chi connectivity index (χ4v) is 3.15. The van der Waals surface area contributed by atoms with Gasteiger partial charge >= 0.3 is 5.97 Å². The first-order valence-electron chi connectivity index (χ1n) is 9.61. The van der Waals surface area contributed by atoms with E-state index in [-0.39, 0.29) is 12.5 Å². The summed E-state index contributed by atoms with van der Waals surface area (Å²) in [5, 5.41) is 11.9. The van der Waals surface area contributed by atoms with Gasteiger partial charge < -0.3 is 15.2 Å². The van der Waals surface area contributed by atoms with Crippen LogP contribution < -0.4 is 5.32 Å². The first kappa shape index (κ1) is 21.3. The number of rotatable bonds is 10. The lowest BCUT2D eigenvalue weighted by Gasteiger charge is -2.26. The monoisotopic (exact) mass is 377 g/mol. The van der Waals surface area contributed by atoms with Crippen LogP contribution in [0.1, 0.15) is 31.4 Å². The van der Waals surface area contributed by atoms with Gasteiger partial charge in [0.25, 0.3) is 0 Å². The molecular weight excluding hydrogens is 346 g/mol. The number of carboxylic acids is 1. The molecule has 2 N–H and O–H groups in total. The quantitative estimate of drug-likeness (QED) is 0.640. The molecule has 1 saturated heterocycles. The molecule has 0 aliphatic carbocycles. The Labute approximate surface area is 161 Å². The van der Waals surface area contributed by atoms with Crippen LogP contribution in [0.4, 0.5) is 0 Å². The van der Waals surface area contributed by atoms with Crippen LogP contribution in [0.5, 0.6) is 0 Å². The summed E-state index contributed by atoms with van der Waals surface area (Å²) >= 11 is 0. The Morgan fingerprint density at radius 1 is 1.22 bits per heavy atom. The molecule has 7 nitrogen and oxygen atoms in total. The maximum atomic E-state index is 12.4. The normalized spacial score (nSPS) is 16.3. The summed E-state index contributed by atoms with van der Waals surface area (Å²) in [6, 6.07) is 7.77. The van der Waals surface area contributed by atoms with Gasteiger partial charge in [0.1, 0.15) is 0 Å². The molecule has 2 rings (SSSR count). The third-order valence-electron chi connectivity index (χ3n) is 4.78. The van der Waals surface area contributed by atoms with Gasteiger partial charge in [-0.2, -0.15) is 0 Å². The molecule has 0 spiro atoms. The fraction of sp³-hybridized carbons (Fsp3) is 0.600. The number of carbonyl (C=O) groups is 2. The van der Waals surface area contributed by atoms with Gasteiger partial charge in [-0.1, -0.05) is 31.2 Å². The van der Waals surface area contributed by atoms with Crippen molar-refractivity contribution in [1.29, 1.82) is 0 Å². The Kier molecular flexibility index (Phi) is 8.71. The Bertz CT molecular complexity index is 600. The summed E-state index contributed by atoms with van der Waals surface area (Å²) in [5.74, 6) is -1.07. The molecule has 1 aliphatic rings. The average molecular weight is 377 g/mol. The summed E-state index contributed by atoms with van der Waals surface area (Å²) in [5.41, 5.74) is 2.28. The number of hydrogen-bond donors (Lipinski definition) is 2. The number of carbonyl (C=O) groups excluding carboxylic acids is 1. The summed E-state index contributed by atoms with van der Waals surface area (Å²) < 4.78 is 5.37. The molecule has 1 heterocycles. The summed E-state index contributed by atoms with van der Waals surface area (Å²) in [6.45, 7) is 9.02. The Hall–Kier alpha value is -1.96. The van der Waals surface area contributed by atoms with E-state index in [9.17, 15) is 9.59 Å². The van der Waals surface area contributed by atoms with Crippen molar-refractivity contribution in [2.45, 2.75) is 39.4 Å². The van der Waals surface area contributed by atoms with Gasteiger partial charge in [-0.05, 0) is 31.0 Å². The molecule has 1 aliphatic heterocycles. The van der Waals surface area contributed by atoms with Gasteiger partial charge in [-0.3, -0.25) is 19.4 Å². The van der Waals surface area contributed by atoms with Gasteiger partial charge in [0.05, 0.1) is 25.8 Å². The van der Waals surface area contributed by atoms with Crippen LogP contribution in [0.2, 0.25) is 0 Å². The molecule has 7 heteroatoms. The maximum Gasteiger partial charge on any atom is 0.317 e. The third kappa shape index (κ3) is 7.28. The molecule has 1 unspecified atom stereocenters. The largest absolute Gasteiger partial charge is 0.480 e. The molecule has 1 atom stereocenters. The number of nitrogens with one attached hydrogen (secondary N) is 1. The molecule has 1 fully saturated rings. The number of benzene rings is 1. The van der Waals surface area contributed by atoms with E-state index in [4.69, 9.17) is 9.84 Å². The van der Waals surface area contributed by atoms with Gasteiger partial charge in [0.2, 0.25) is 5.91 Å². The van der Waals surface area contributed by atoms with Crippen LogP contribution in [0, 0.1) is 0 Å². The molecule has 1 aromatic rings. The van der Waals surface area contributed by atoms with Crippen LogP contribution in [-0.2, 0) is 27.4 Å². The summed E-state index contributed by atoms with van der Waals surface area (Å²) in [6.07, 6.45) is 0.801. The highest BCUT2D eigenvalue weighted by molar-refractivity contribution is 5.82. The fourth-order valence-electron chi connectivity index (χ4n) is 3.15. The second-order valence-corrected chi connectivity index (χ2v) is 6.96. The topological polar surface area (TPSA) is 82.1 Å². The maximum absolute atomic E-state index is 12.4. The Balaban J connectivity index is 1.82. The van der Waals surface area contributed by atoms with E-state index in [0.717, 1.165) is 44.8 Å². The van der Waals surface area contributed by atoms with Crippen molar-refractivity contribution in [2.75, 3.05) is 39.4 Å². The molecule has 1 amide bonds. The summed E-state index contributed by atoms with van der Waals surface area (Å²) in [7, 11) is 0. The first-order valence-corrected chi connectivity index (χ1v) is 9.61. The van der Waals surface area contributed by atoms with Crippen molar-refractivity contribution in [1.82, 2.24) is 15.1 Å². The van der Waals surface area contributed by atoms with Gasteiger partial charge in [-0.25, -0.2) is 0 Å².